The third-order valence-electron chi connectivity index (χ3n) is 4.75. The summed E-state index contributed by atoms with van der Waals surface area (Å²) in [5.41, 5.74) is 5.03. The summed E-state index contributed by atoms with van der Waals surface area (Å²) in [4.78, 5) is 11.5. The summed E-state index contributed by atoms with van der Waals surface area (Å²) in [5.74, 6) is 0. The van der Waals surface area contributed by atoms with E-state index in [1.165, 1.54) is 0 Å². The van der Waals surface area contributed by atoms with Gasteiger partial charge in [-0.3, -0.25) is 9.97 Å². The number of rotatable bonds is 7. The predicted molar refractivity (Wildman–Crippen MR) is 110 cm³/mol. The maximum absolute atomic E-state index is 8.97. The van der Waals surface area contributed by atoms with Gasteiger partial charge in [-0.15, -0.1) is 0 Å². The van der Waals surface area contributed by atoms with Gasteiger partial charge in [0, 0.05) is 49.5 Å². The van der Waals surface area contributed by atoms with Crippen molar-refractivity contribution in [2.75, 3.05) is 19.0 Å². The largest absolute Gasteiger partial charge is 0.378 e. The highest BCUT2D eigenvalue weighted by Gasteiger charge is 2.11. The van der Waals surface area contributed by atoms with Crippen molar-refractivity contribution in [3.63, 3.8) is 0 Å². The first-order valence-electron chi connectivity index (χ1n) is 9.25. The lowest BCUT2D eigenvalue weighted by atomic mass is 10.1. The van der Waals surface area contributed by atoms with Gasteiger partial charge in [-0.05, 0) is 36.8 Å². The molecule has 0 fully saturated rings. The molecule has 0 aliphatic carbocycles. The average molecular weight is 359 g/mol. The van der Waals surface area contributed by atoms with Gasteiger partial charge in [0.15, 0.2) is 0 Å². The molecule has 1 N–H and O–H groups in total. The van der Waals surface area contributed by atoms with Gasteiger partial charge in [-0.2, -0.15) is 5.26 Å². The highest BCUT2D eigenvalue weighted by atomic mass is 15.1. The van der Waals surface area contributed by atoms with E-state index in [4.69, 9.17) is 10.2 Å². The van der Waals surface area contributed by atoms with Gasteiger partial charge in [0.2, 0.25) is 0 Å². The molecule has 1 atom stereocenters. The summed E-state index contributed by atoms with van der Waals surface area (Å²) in [6.45, 7) is 2.71. The number of hydrogen-bond donors (Lipinski definition) is 1. The van der Waals surface area contributed by atoms with E-state index in [1.54, 1.807) is 0 Å². The Morgan fingerprint density at radius 3 is 2.63 bits per heavy atom. The van der Waals surface area contributed by atoms with Gasteiger partial charge in [0.25, 0.3) is 0 Å². The van der Waals surface area contributed by atoms with Crippen LogP contribution in [-0.4, -0.2) is 30.1 Å². The van der Waals surface area contributed by atoms with E-state index in [-0.39, 0.29) is 6.04 Å². The molecule has 1 aromatic carbocycles. The standard InChI is InChI=1S/C22H25N5/c1-4-17(11-12-23)25-15-22-19-6-5-13-24-21(19)14-20(26-22)16-7-9-18(10-8-16)27(2)3/h5-10,13-14,17,25H,4,11,15H2,1-3H3. The van der Waals surface area contributed by atoms with Crippen LogP contribution in [0.25, 0.3) is 22.2 Å². The van der Waals surface area contributed by atoms with Crippen LogP contribution in [0.15, 0.2) is 48.7 Å². The Bertz CT molecular complexity index is 941. The van der Waals surface area contributed by atoms with Crippen LogP contribution in [0.2, 0.25) is 0 Å². The van der Waals surface area contributed by atoms with Crippen LogP contribution in [0.1, 0.15) is 25.5 Å². The van der Waals surface area contributed by atoms with Crippen LogP contribution in [0.4, 0.5) is 5.69 Å². The number of nitrogens with zero attached hydrogens (tertiary/aromatic N) is 4. The molecule has 138 valence electrons. The molecule has 1 unspecified atom stereocenters. The zero-order valence-electron chi connectivity index (χ0n) is 16.1. The van der Waals surface area contributed by atoms with Crippen molar-refractivity contribution in [2.45, 2.75) is 32.4 Å². The Hall–Kier alpha value is -2.97. The first-order valence-corrected chi connectivity index (χ1v) is 9.25. The number of fused-ring (bicyclic) bond motifs is 1. The molecule has 3 rings (SSSR count). The van der Waals surface area contributed by atoms with Gasteiger partial charge in [-0.25, -0.2) is 0 Å². The summed E-state index contributed by atoms with van der Waals surface area (Å²) in [5, 5.41) is 13.5. The molecule has 0 bridgehead atoms. The Morgan fingerprint density at radius 2 is 1.96 bits per heavy atom. The van der Waals surface area contributed by atoms with Crippen LogP contribution >= 0.6 is 0 Å². The smallest absolute Gasteiger partial charge is 0.0742 e. The quantitative estimate of drug-likeness (QED) is 0.687. The second-order valence-electron chi connectivity index (χ2n) is 6.81. The minimum atomic E-state index is 0.173. The van der Waals surface area contributed by atoms with E-state index >= 15 is 0 Å². The van der Waals surface area contributed by atoms with E-state index in [9.17, 15) is 0 Å². The van der Waals surface area contributed by atoms with Gasteiger partial charge in [-0.1, -0.05) is 19.1 Å². The summed E-state index contributed by atoms with van der Waals surface area (Å²) in [7, 11) is 4.06. The summed E-state index contributed by atoms with van der Waals surface area (Å²) < 4.78 is 0. The molecule has 2 aromatic heterocycles. The van der Waals surface area contributed by atoms with Gasteiger partial charge < -0.3 is 10.2 Å². The second kappa shape index (κ2) is 8.61. The number of hydrogen-bond acceptors (Lipinski definition) is 5. The number of nitrogens with one attached hydrogen (secondary N) is 1. The summed E-state index contributed by atoms with van der Waals surface area (Å²) in [6.07, 6.45) is 3.22. The summed E-state index contributed by atoms with van der Waals surface area (Å²) in [6, 6.07) is 16.8. The fourth-order valence-electron chi connectivity index (χ4n) is 3.07. The molecule has 5 nitrogen and oxygen atoms in total. The predicted octanol–water partition coefficient (Wildman–Crippen LogP) is 4.14. The molecule has 3 aromatic rings. The maximum Gasteiger partial charge on any atom is 0.0742 e. The van der Waals surface area contributed by atoms with Crippen molar-refractivity contribution in [2.24, 2.45) is 0 Å². The molecular formula is C22H25N5. The van der Waals surface area contributed by atoms with Crippen LogP contribution in [-0.2, 0) is 6.54 Å². The minimum absolute atomic E-state index is 0.173. The Balaban J connectivity index is 1.96. The monoisotopic (exact) mass is 359 g/mol. The normalized spacial score (nSPS) is 11.9. The molecule has 0 aliphatic rings. The van der Waals surface area contributed by atoms with Crippen LogP contribution in [0.3, 0.4) is 0 Å². The molecule has 0 saturated carbocycles. The van der Waals surface area contributed by atoms with E-state index in [0.29, 0.717) is 13.0 Å². The lowest BCUT2D eigenvalue weighted by molar-refractivity contribution is 0.502. The number of anilines is 1. The molecule has 0 aliphatic heterocycles. The molecule has 0 spiro atoms. The highest BCUT2D eigenvalue weighted by Crippen LogP contribution is 2.25. The van der Waals surface area contributed by atoms with Crippen molar-refractivity contribution in [3.05, 3.63) is 54.4 Å². The molecular weight excluding hydrogens is 334 g/mol. The highest BCUT2D eigenvalue weighted by molar-refractivity contribution is 5.84. The Labute approximate surface area is 160 Å². The third-order valence-corrected chi connectivity index (χ3v) is 4.75. The van der Waals surface area contributed by atoms with E-state index < -0.39 is 0 Å². The van der Waals surface area contributed by atoms with Gasteiger partial charge in [0.05, 0.1) is 29.4 Å². The molecule has 27 heavy (non-hydrogen) atoms. The van der Waals surface area contributed by atoms with Gasteiger partial charge >= 0.3 is 0 Å². The van der Waals surface area contributed by atoms with Crippen LogP contribution in [0.5, 0.6) is 0 Å². The summed E-state index contributed by atoms with van der Waals surface area (Å²) >= 11 is 0. The second-order valence-corrected chi connectivity index (χ2v) is 6.81. The van der Waals surface area contributed by atoms with Crippen molar-refractivity contribution < 1.29 is 0 Å². The topological polar surface area (TPSA) is 64.8 Å². The molecule has 0 amide bonds. The number of pyridine rings is 2. The maximum atomic E-state index is 8.97. The fourth-order valence-corrected chi connectivity index (χ4v) is 3.07. The SMILES string of the molecule is CCC(CC#N)NCc1nc(-c2ccc(N(C)C)cc2)cc2ncccc12. The minimum Gasteiger partial charge on any atom is -0.378 e. The van der Waals surface area contributed by atoms with Crippen molar-refractivity contribution in [3.8, 4) is 17.3 Å². The number of nitriles is 1. The van der Waals surface area contributed by atoms with E-state index in [0.717, 1.165) is 40.0 Å². The fraction of sp³-hybridized carbons (Fsp3) is 0.318. The third kappa shape index (κ3) is 4.42. The number of benzene rings is 1. The zero-order chi connectivity index (χ0) is 19.2. The molecule has 2 heterocycles. The number of aromatic nitrogens is 2. The molecule has 5 heteroatoms. The average Bonchev–Trinajstić information content (AvgIpc) is 2.70. The first kappa shape index (κ1) is 18.8. The Morgan fingerprint density at radius 1 is 1.19 bits per heavy atom. The molecule has 0 saturated heterocycles. The molecule has 0 radical (unpaired) electrons. The van der Waals surface area contributed by atoms with Crippen molar-refractivity contribution in [1.29, 1.82) is 5.26 Å². The van der Waals surface area contributed by atoms with E-state index in [2.05, 4.69) is 58.5 Å². The lowest BCUT2D eigenvalue weighted by Crippen LogP contribution is -2.28. The first-order chi connectivity index (χ1) is 13.1. The zero-order valence-corrected chi connectivity index (χ0v) is 16.1. The van der Waals surface area contributed by atoms with E-state index in [1.807, 2.05) is 32.4 Å². The lowest BCUT2D eigenvalue weighted by Gasteiger charge is -2.16. The van der Waals surface area contributed by atoms with Crippen molar-refractivity contribution >= 4 is 16.6 Å². The van der Waals surface area contributed by atoms with Gasteiger partial charge in [0.1, 0.15) is 0 Å². The van der Waals surface area contributed by atoms with Crippen LogP contribution < -0.4 is 10.2 Å². The Kier molecular flexibility index (Phi) is 6.00. The van der Waals surface area contributed by atoms with Crippen molar-refractivity contribution in [1.82, 2.24) is 15.3 Å². The van der Waals surface area contributed by atoms with Crippen LogP contribution in [0, 0.1) is 11.3 Å².